The molecule has 1 fully saturated rings. The van der Waals surface area contributed by atoms with Gasteiger partial charge in [-0.15, -0.1) is 0 Å². The maximum Gasteiger partial charge on any atom is 0.230 e. The molecule has 1 aliphatic heterocycles. The van der Waals surface area contributed by atoms with E-state index < -0.39 is 37.3 Å². The summed E-state index contributed by atoms with van der Waals surface area (Å²) >= 11 is 0. The van der Waals surface area contributed by atoms with Gasteiger partial charge in [0.15, 0.2) is 5.88 Å². The molecule has 1 aromatic heterocycles. The third kappa shape index (κ3) is 2.61. The summed E-state index contributed by atoms with van der Waals surface area (Å²) in [6.07, 6.45) is -6.45. The van der Waals surface area contributed by atoms with Gasteiger partial charge in [0.1, 0.15) is 24.4 Å². The Kier molecular flexibility index (Phi) is 3.83. The summed E-state index contributed by atoms with van der Waals surface area (Å²) in [5, 5.41) is 39.4. The van der Waals surface area contributed by atoms with Gasteiger partial charge in [-0.2, -0.15) is 0 Å². The number of rotatable bonds is 3. The summed E-state index contributed by atoms with van der Waals surface area (Å²) in [4.78, 5) is 3.00. The van der Waals surface area contributed by atoms with Gasteiger partial charge in [0, 0.05) is 17.0 Å². The van der Waals surface area contributed by atoms with Crippen LogP contribution in [0.3, 0.4) is 0 Å². The summed E-state index contributed by atoms with van der Waals surface area (Å²) in [6, 6.07) is 9.25. The number of aromatic amines is 1. The van der Waals surface area contributed by atoms with Crippen molar-refractivity contribution in [3.63, 3.8) is 0 Å². The molecule has 3 rings (SSSR count). The molecule has 7 heteroatoms. The molecular formula is C14H17NO6. The van der Waals surface area contributed by atoms with Gasteiger partial charge in [0.2, 0.25) is 6.29 Å². The van der Waals surface area contributed by atoms with Gasteiger partial charge in [-0.25, -0.2) is 0 Å². The van der Waals surface area contributed by atoms with Gasteiger partial charge >= 0.3 is 0 Å². The van der Waals surface area contributed by atoms with Gasteiger partial charge in [-0.1, -0.05) is 18.2 Å². The first-order valence-electron chi connectivity index (χ1n) is 6.65. The van der Waals surface area contributed by atoms with Gasteiger partial charge in [-0.3, -0.25) is 0 Å². The Labute approximate surface area is 120 Å². The minimum absolute atomic E-state index is 0.362. The smallest absolute Gasteiger partial charge is 0.230 e. The fourth-order valence-electron chi connectivity index (χ4n) is 2.40. The van der Waals surface area contributed by atoms with Gasteiger partial charge < -0.3 is 34.9 Å². The molecule has 0 bridgehead atoms. The molecule has 1 aliphatic rings. The number of hydrogen-bond acceptors (Lipinski definition) is 6. The molecule has 0 unspecified atom stereocenters. The molecule has 2 aromatic rings. The normalized spacial score (nSPS) is 33.2. The highest BCUT2D eigenvalue weighted by atomic mass is 16.7. The number of aliphatic hydroxyl groups excluding tert-OH is 4. The number of para-hydroxylation sites is 1. The second kappa shape index (κ2) is 5.63. The standard InChI is InChI=1S/C14H17NO6/c16-6-9-11(17)12(18)13(19)14(20-9)21-10-5-7-3-1-2-4-8(7)15-10/h1-5,9,11-19H,6H2/t9-,11-,12+,13-,14-/m1/s1. The Morgan fingerprint density at radius 3 is 2.57 bits per heavy atom. The third-order valence-corrected chi connectivity index (χ3v) is 3.60. The first kappa shape index (κ1) is 14.3. The minimum Gasteiger partial charge on any atom is -0.447 e. The van der Waals surface area contributed by atoms with Crippen LogP contribution in [0, 0.1) is 0 Å². The average molecular weight is 295 g/mol. The minimum atomic E-state index is -1.45. The van der Waals surface area contributed by atoms with Crippen molar-refractivity contribution in [3.05, 3.63) is 30.3 Å². The summed E-state index contributed by atoms with van der Waals surface area (Å²) < 4.78 is 10.8. The molecule has 2 heterocycles. The molecule has 0 amide bonds. The van der Waals surface area contributed by atoms with Crippen molar-refractivity contribution >= 4 is 10.9 Å². The highest BCUT2D eigenvalue weighted by Gasteiger charge is 2.44. The molecule has 7 nitrogen and oxygen atoms in total. The van der Waals surface area contributed by atoms with Crippen LogP contribution in [-0.4, -0.2) is 62.7 Å². The first-order valence-corrected chi connectivity index (χ1v) is 6.65. The largest absolute Gasteiger partial charge is 0.447 e. The van der Waals surface area contributed by atoms with Crippen LogP contribution >= 0.6 is 0 Å². The zero-order chi connectivity index (χ0) is 15.0. The van der Waals surface area contributed by atoms with Crippen LogP contribution in [0.25, 0.3) is 10.9 Å². The van der Waals surface area contributed by atoms with E-state index >= 15 is 0 Å². The molecular weight excluding hydrogens is 278 g/mol. The quantitative estimate of drug-likeness (QED) is 0.514. The van der Waals surface area contributed by atoms with Crippen molar-refractivity contribution in [2.75, 3.05) is 6.61 Å². The first-order chi connectivity index (χ1) is 10.1. The van der Waals surface area contributed by atoms with Crippen LogP contribution in [0.1, 0.15) is 0 Å². The molecule has 21 heavy (non-hydrogen) atoms. The van der Waals surface area contributed by atoms with Crippen LogP contribution in [0.4, 0.5) is 0 Å². The Bertz CT molecular complexity index is 579. The SMILES string of the molecule is OC[C@H]1O[C@H](Oc2cc3ccccc3[nH]2)[C@H](O)[C@@H](O)[C@@H]1O. The topological polar surface area (TPSA) is 115 Å². The summed E-state index contributed by atoms with van der Waals surface area (Å²) in [6.45, 7) is -0.489. The van der Waals surface area contributed by atoms with E-state index in [4.69, 9.17) is 14.6 Å². The predicted octanol–water partition coefficient (Wildman–Crippen LogP) is -0.653. The lowest BCUT2D eigenvalue weighted by molar-refractivity contribution is -0.278. The number of nitrogens with one attached hydrogen (secondary N) is 1. The van der Waals surface area contributed by atoms with Crippen molar-refractivity contribution in [2.24, 2.45) is 0 Å². The summed E-state index contributed by atoms with van der Waals surface area (Å²) in [5.74, 6) is 0.362. The van der Waals surface area contributed by atoms with E-state index in [0.29, 0.717) is 5.88 Å². The van der Waals surface area contributed by atoms with E-state index in [9.17, 15) is 15.3 Å². The lowest BCUT2D eigenvalue weighted by Crippen LogP contribution is -2.60. The number of aliphatic hydroxyl groups is 4. The highest BCUT2D eigenvalue weighted by Crippen LogP contribution is 2.26. The molecule has 1 saturated heterocycles. The number of hydrogen-bond donors (Lipinski definition) is 5. The Hall–Kier alpha value is -1.64. The van der Waals surface area contributed by atoms with Crippen LogP contribution in [0.5, 0.6) is 5.88 Å². The van der Waals surface area contributed by atoms with Crippen molar-refractivity contribution in [3.8, 4) is 5.88 Å². The molecule has 0 spiro atoms. The second-order valence-corrected chi connectivity index (χ2v) is 5.04. The zero-order valence-electron chi connectivity index (χ0n) is 11.1. The van der Waals surface area contributed by atoms with E-state index in [1.165, 1.54) is 0 Å². The fourth-order valence-corrected chi connectivity index (χ4v) is 2.40. The number of aromatic nitrogens is 1. The van der Waals surface area contributed by atoms with Crippen LogP contribution in [0.15, 0.2) is 30.3 Å². The molecule has 0 saturated carbocycles. The molecule has 0 aliphatic carbocycles. The van der Waals surface area contributed by atoms with Crippen LogP contribution < -0.4 is 4.74 Å². The average Bonchev–Trinajstić information content (AvgIpc) is 2.90. The Morgan fingerprint density at radius 2 is 1.86 bits per heavy atom. The molecule has 114 valence electrons. The number of benzene rings is 1. The monoisotopic (exact) mass is 295 g/mol. The second-order valence-electron chi connectivity index (χ2n) is 5.04. The maximum absolute atomic E-state index is 9.90. The highest BCUT2D eigenvalue weighted by molar-refractivity contribution is 5.81. The van der Waals surface area contributed by atoms with E-state index in [1.807, 2.05) is 24.3 Å². The van der Waals surface area contributed by atoms with Crippen LogP contribution in [-0.2, 0) is 4.74 Å². The summed E-state index contributed by atoms with van der Waals surface area (Å²) in [7, 11) is 0. The molecule has 1 aromatic carbocycles. The van der Waals surface area contributed by atoms with Crippen molar-refractivity contribution in [2.45, 2.75) is 30.7 Å². The lowest BCUT2D eigenvalue weighted by atomic mass is 9.99. The van der Waals surface area contributed by atoms with E-state index in [0.717, 1.165) is 10.9 Å². The van der Waals surface area contributed by atoms with E-state index in [-0.39, 0.29) is 0 Å². The fraction of sp³-hybridized carbons (Fsp3) is 0.429. The maximum atomic E-state index is 9.90. The lowest BCUT2D eigenvalue weighted by Gasteiger charge is -2.39. The van der Waals surface area contributed by atoms with Gasteiger partial charge in [0.05, 0.1) is 6.61 Å². The van der Waals surface area contributed by atoms with Crippen molar-refractivity contribution in [1.82, 2.24) is 4.98 Å². The number of ether oxygens (including phenoxy) is 2. The van der Waals surface area contributed by atoms with Crippen LogP contribution in [0.2, 0.25) is 0 Å². The van der Waals surface area contributed by atoms with Crippen molar-refractivity contribution < 1.29 is 29.9 Å². The Balaban J connectivity index is 1.79. The zero-order valence-corrected chi connectivity index (χ0v) is 11.1. The third-order valence-electron chi connectivity index (χ3n) is 3.60. The molecule has 5 atom stereocenters. The van der Waals surface area contributed by atoms with E-state index in [2.05, 4.69) is 4.98 Å². The number of H-pyrrole nitrogens is 1. The molecule has 0 radical (unpaired) electrons. The summed E-state index contributed by atoms with van der Waals surface area (Å²) in [5.41, 5.74) is 0.858. The molecule has 5 N–H and O–H groups in total. The van der Waals surface area contributed by atoms with E-state index in [1.54, 1.807) is 6.07 Å². The predicted molar refractivity (Wildman–Crippen MR) is 72.7 cm³/mol. The number of fused-ring (bicyclic) bond motifs is 1. The van der Waals surface area contributed by atoms with Gasteiger partial charge in [0.25, 0.3) is 0 Å². The Morgan fingerprint density at radius 1 is 1.10 bits per heavy atom. The van der Waals surface area contributed by atoms with Crippen molar-refractivity contribution in [1.29, 1.82) is 0 Å². The van der Waals surface area contributed by atoms with Gasteiger partial charge in [-0.05, 0) is 6.07 Å².